The molecule has 6 heteroatoms. The third kappa shape index (κ3) is 5.77. The summed E-state index contributed by atoms with van der Waals surface area (Å²) in [6, 6.07) is 4.36. The van der Waals surface area contributed by atoms with Crippen LogP contribution >= 0.6 is 0 Å². The fourth-order valence-electron chi connectivity index (χ4n) is 1.64. The van der Waals surface area contributed by atoms with Crippen molar-refractivity contribution < 1.29 is 23.7 Å². The molecule has 0 aromatic heterocycles. The summed E-state index contributed by atoms with van der Waals surface area (Å²) >= 11 is 0. The van der Waals surface area contributed by atoms with Gasteiger partial charge in [0.25, 0.3) is 0 Å². The molecule has 0 heterocycles. The van der Waals surface area contributed by atoms with Crippen LogP contribution in [0.4, 0.5) is 0 Å². The molecular formula is C15H24O5Si. The minimum absolute atomic E-state index is 0.0989. The SMILES string of the molecule is COc1cc(OC)c(C=O)c(OCOCC[Si](C)(C)C)c1. The summed E-state index contributed by atoms with van der Waals surface area (Å²) in [4.78, 5) is 11.2. The van der Waals surface area contributed by atoms with E-state index in [9.17, 15) is 4.79 Å². The maximum atomic E-state index is 11.2. The van der Waals surface area contributed by atoms with Gasteiger partial charge >= 0.3 is 0 Å². The van der Waals surface area contributed by atoms with Crippen LogP contribution in [0.3, 0.4) is 0 Å². The van der Waals surface area contributed by atoms with Crippen LogP contribution < -0.4 is 14.2 Å². The molecule has 0 unspecified atom stereocenters. The molecule has 0 amide bonds. The Morgan fingerprint density at radius 3 is 2.29 bits per heavy atom. The summed E-state index contributed by atoms with van der Waals surface area (Å²) < 4.78 is 21.3. The summed E-state index contributed by atoms with van der Waals surface area (Å²) in [6.07, 6.45) is 0.704. The lowest BCUT2D eigenvalue weighted by Gasteiger charge is -2.16. The summed E-state index contributed by atoms with van der Waals surface area (Å²) in [7, 11) is 1.93. The van der Waals surface area contributed by atoms with Crippen molar-refractivity contribution in [3.05, 3.63) is 17.7 Å². The number of rotatable bonds is 9. The highest BCUT2D eigenvalue weighted by Gasteiger charge is 2.14. The fraction of sp³-hybridized carbons (Fsp3) is 0.533. The topological polar surface area (TPSA) is 54.0 Å². The molecule has 0 atom stereocenters. The van der Waals surface area contributed by atoms with E-state index in [2.05, 4.69) is 19.6 Å². The molecule has 0 radical (unpaired) electrons. The second-order valence-electron chi connectivity index (χ2n) is 5.84. The number of aldehydes is 1. The smallest absolute Gasteiger partial charge is 0.189 e. The molecule has 0 fully saturated rings. The molecule has 1 aromatic rings. The lowest BCUT2D eigenvalue weighted by atomic mass is 10.2. The summed E-state index contributed by atoms with van der Waals surface area (Å²) in [5.41, 5.74) is 0.354. The van der Waals surface area contributed by atoms with E-state index in [4.69, 9.17) is 18.9 Å². The van der Waals surface area contributed by atoms with Gasteiger partial charge in [-0.3, -0.25) is 4.79 Å². The van der Waals surface area contributed by atoms with Crippen LogP contribution in [0.15, 0.2) is 12.1 Å². The minimum Gasteiger partial charge on any atom is -0.496 e. The number of hydrogen-bond donors (Lipinski definition) is 0. The van der Waals surface area contributed by atoms with E-state index < -0.39 is 8.07 Å². The second-order valence-corrected chi connectivity index (χ2v) is 11.5. The fourth-order valence-corrected chi connectivity index (χ4v) is 2.40. The van der Waals surface area contributed by atoms with Gasteiger partial charge in [-0.25, -0.2) is 0 Å². The highest BCUT2D eigenvalue weighted by Crippen LogP contribution is 2.32. The van der Waals surface area contributed by atoms with Crippen molar-refractivity contribution in [3.63, 3.8) is 0 Å². The molecule has 0 bridgehead atoms. The van der Waals surface area contributed by atoms with Crippen LogP contribution in [0.25, 0.3) is 0 Å². The van der Waals surface area contributed by atoms with Crippen molar-refractivity contribution in [2.24, 2.45) is 0 Å². The third-order valence-corrected chi connectivity index (χ3v) is 4.65. The second kappa shape index (κ2) is 8.04. The molecule has 118 valence electrons. The predicted octanol–water partition coefficient (Wildman–Crippen LogP) is 3.21. The van der Waals surface area contributed by atoms with Gasteiger partial charge in [-0.1, -0.05) is 19.6 Å². The maximum absolute atomic E-state index is 11.2. The molecule has 1 aromatic carbocycles. The van der Waals surface area contributed by atoms with Gasteiger partial charge in [0.05, 0.1) is 19.8 Å². The maximum Gasteiger partial charge on any atom is 0.189 e. The monoisotopic (exact) mass is 312 g/mol. The van der Waals surface area contributed by atoms with Crippen molar-refractivity contribution in [1.29, 1.82) is 0 Å². The molecule has 0 saturated carbocycles. The van der Waals surface area contributed by atoms with Crippen LogP contribution in [0, 0.1) is 0 Å². The zero-order valence-corrected chi connectivity index (χ0v) is 14.4. The largest absolute Gasteiger partial charge is 0.496 e. The number of carbonyl (C=O) groups is 1. The third-order valence-electron chi connectivity index (χ3n) is 2.95. The highest BCUT2D eigenvalue weighted by molar-refractivity contribution is 6.76. The average Bonchev–Trinajstić information content (AvgIpc) is 2.44. The van der Waals surface area contributed by atoms with Crippen LogP contribution in [-0.2, 0) is 4.74 Å². The van der Waals surface area contributed by atoms with Gasteiger partial charge in [-0.05, 0) is 6.04 Å². The van der Waals surface area contributed by atoms with Crippen LogP contribution in [0.2, 0.25) is 25.7 Å². The molecular weight excluding hydrogens is 288 g/mol. The first-order chi connectivity index (χ1) is 9.91. The van der Waals surface area contributed by atoms with Crippen molar-refractivity contribution in [1.82, 2.24) is 0 Å². The molecule has 0 aliphatic heterocycles. The summed E-state index contributed by atoms with van der Waals surface area (Å²) in [6.45, 7) is 7.62. The van der Waals surface area contributed by atoms with Gasteiger partial charge in [-0.15, -0.1) is 0 Å². The Bertz CT molecular complexity index is 468. The van der Waals surface area contributed by atoms with E-state index in [0.717, 1.165) is 6.04 Å². The quantitative estimate of drug-likeness (QED) is 0.303. The first-order valence-electron chi connectivity index (χ1n) is 6.83. The Hall–Kier alpha value is -1.53. The molecule has 0 aliphatic rings. The van der Waals surface area contributed by atoms with E-state index >= 15 is 0 Å². The number of ether oxygens (including phenoxy) is 4. The van der Waals surface area contributed by atoms with Gasteiger partial charge in [-0.2, -0.15) is 0 Å². The van der Waals surface area contributed by atoms with Gasteiger partial charge < -0.3 is 18.9 Å². The predicted molar refractivity (Wildman–Crippen MR) is 84.5 cm³/mol. The molecule has 0 N–H and O–H groups in total. The Labute approximate surface area is 127 Å². The first-order valence-corrected chi connectivity index (χ1v) is 10.5. The van der Waals surface area contributed by atoms with E-state index in [1.807, 2.05) is 0 Å². The van der Waals surface area contributed by atoms with Crippen molar-refractivity contribution in [3.8, 4) is 17.2 Å². The van der Waals surface area contributed by atoms with Gasteiger partial charge in [0.2, 0.25) is 0 Å². The lowest BCUT2D eigenvalue weighted by molar-refractivity contribution is 0.0215. The molecule has 0 aliphatic carbocycles. The minimum atomic E-state index is -1.11. The van der Waals surface area contributed by atoms with E-state index in [1.54, 1.807) is 19.2 Å². The van der Waals surface area contributed by atoms with Gasteiger partial charge in [0, 0.05) is 26.8 Å². The lowest BCUT2D eigenvalue weighted by Crippen LogP contribution is -2.22. The average molecular weight is 312 g/mol. The van der Waals surface area contributed by atoms with Gasteiger partial charge in [0.1, 0.15) is 17.2 Å². The summed E-state index contributed by atoms with van der Waals surface area (Å²) in [5.74, 6) is 1.38. The Morgan fingerprint density at radius 1 is 1.10 bits per heavy atom. The molecule has 0 saturated heterocycles. The van der Waals surface area contributed by atoms with E-state index in [1.165, 1.54) is 7.11 Å². The number of methoxy groups -OCH3 is 2. The van der Waals surface area contributed by atoms with Crippen molar-refractivity contribution >= 4 is 14.4 Å². The molecule has 21 heavy (non-hydrogen) atoms. The molecule has 5 nitrogen and oxygen atoms in total. The Morgan fingerprint density at radius 2 is 1.76 bits per heavy atom. The first kappa shape index (κ1) is 17.5. The van der Waals surface area contributed by atoms with Crippen LogP contribution in [0.1, 0.15) is 10.4 Å². The van der Waals surface area contributed by atoms with Crippen molar-refractivity contribution in [2.45, 2.75) is 25.7 Å². The number of benzene rings is 1. The van der Waals surface area contributed by atoms with Crippen molar-refractivity contribution in [2.75, 3.05) is 27.6 Å². The molecule has 0 spiro atoms. The van der Waals surface area contributed by atoms with E-state index in [0.29, 0.717) is 35.7 Å². The Kier molecular flexibility index (Phi) is 6.71. The molecule has 1 rings (SSSR count). The highest BCUT2D eigenvalue weighted by atomic mass is 28.3. The van der Waals surface area contributed by atoms with Crippen LogP contribution in [0.5, 0.6) is 17.2 Å². The standard InChI is InChI=1S/C15H24O5Si/c1-17-12-8-14(18-2)13(10-16)15(9-12)20-11-19-6-7-21(3,4)5/h8-10H,6-7,11H2,1-5H3. The normalized spacial score (nSPS) is 11.1. The summed E-state index contributed by atoms with van der Waals surface area (Å²) in [5, 5.41) is 0. The Balaban J connectivity index is 2.67. The zero-order chi connectivity index (χ0) is 15.9. The number of hydrogen-bond acceptors (Lipinski definition) is 5. The van der Waals surface area contributed by atoms with Gasteiger partial charge in [0.15, 0.2) is 13.1 Å². The number of carbonyl (C=O) groups excluding carboxylic acids is 1. The zero-order valence-electron chi connectivity index (χ0n) is 13.4. The van der Waals surface area contributed by atoms with Crippen LogP contribution in [-0.4, -0.2) is 42.0 Å². The van der Waals surface area contributed by atoms with E-state index in [-0.39, 0.29) is 6.79 Å².